The van der Waals surface area contributed by atoms with Crippen LogP contribution in [0.2, 0.25) is 0 Å². The van der Waals surface area contributed by atoms with E-state index in [0.717, 1.165) is 44.2 Å². The van der Waals surface area contributed by atoms with Crippen molar-refractivity contribution >= 4 is 35.6 Å². The first-order chi connectivity index (χ1) is 12.9. The van der Waals surface area contributed by atoms with Crippen LogP contribution in [-0.2, 0) is 4.74 Å². The van der Waals surface area contributed by atoms with Crippen LogP contribution in [0.5, 0.6) is 5.75 Å². The van der Waals surface area contributed by atoms with Gasteiger partial charge in [-0.2, -0.15) is 0 Å². The molecule has 0 aliphatic carbocycles. The molecule has 7 heteroatoms. The zero-order valence-corrected chi connectivity index (χ0v) is 20.4. The van der Waals surface area contributed by atoms with Crippen molar-refractivity contribution in [2.75, 3.05) is 45.8 Å². The van der Waals surface area contributed by atoms with Crippen LogP contribution in [0.3, 0.4) is 0 Å². The maximum atomic E-state index is 5.63. The summed E-state index contributed by atoms with van der Waals surface area (Å²) in [7, 11) is 5.29. The summed E-state index contributed by atoms with van der Waals surface area (Å²) in [5, 5.41) is 7.00. The Morgan fingerprint density at radius 3 is 2.68 bits per heavy atom. The standard InChI is InChI=1S/C21H36N4O2.HI/c1-21(2,3)19(27-6)14-23-20(22-4)24-16-9-8-12-25(15-16)17-10-7-11-18(13-17)26-5;/h7,10-11,13,16,19H,8-9,12,14-15H2,1-6H3,(H2,22,23,24);1H. The maximum Gasteiger partial charge on any atom is 0.191 e. The van der Waals surface area contributed by atoms with Crippen LogP contribution >= 0.6 is 24.0 Å². The molecule has 0 radical (unpaired) electrons. The Morgan fingerprint density at radius 1 is 1.32 bits per heavy atom. The normalized spacial score (nSPS) is 18.9. The number of hydrogen-bond donors (Lipinski definition) is 2. The molecule has 2 unspecified atom stereocenters. The van der Waals surface area contributed by atoms with E-state index in [-0.39, 0.29) is 35.5 Å². The summed E-state index contributed by atoms with van der Waals surface area (Å²) < 4.78 is 11.0. The fraction of sp³-hybridized carbons (Fsp3) is 0.667. The molecule has 1 saturated heterocycles. The summed E-state index contributed by atoms with van der Waals surface area (Å²) in [6, 6.07) is 8.62. The van der Waals surface area contributed by atoms with Gasteiger partial charge in [-0.05, 0) is 30.4 Å². The average molecular weight is 504 g/mol. The Bertz CT molecular complexity index is 619. The molecule has 2 N–H and O–H groups in total. The zero-order valence-electron chi connectivity index (χ0n) is 18.1. The Hall–Kier alpha value is -1.22. The lowest BCUT2D eigenvalue weighted by Crippen LogP contribution is -2.53. The van der Waals surface area contributed by atoms with E-state index in [1.54, 1.807) is 14.2 Å². The molecular formula is C21H37IN4O2. The number of ether oxygens (including phenoxy) is 2. The third kappa shape index (κ3) is 7.31. The largest absolute Gasteiger partial charge is 0.497 e. The van der Waals surface area contributed by atoms with Gasteiger partial charge in [0.05, 0.1) is 13.2 Å². The van der Waals surface area contributed by atoms with Crippen LogP contribution in [-0.4, -0.2) is 59.0 Å². The van der Waals surface area contributed by atoms with E-state index < -0.39 is 0 Å². The van der Waals surface area contributed by atoms with Crippen molar-refractivity contribution in [2.24, 2.45) is 10.4 Å². The van der Waals surface area contributed by atoms with Gasteiger partial charge in [0.1, 0.15) is 5.75 Å². The molecule has 0 aromatic heterocycles. The van der Waals surface area contributed by atoms with Gasteiger partial charge in [-0.25, -0.2) is 0 Å². The molecule has 0 bridgehead atoms. The second-order valence-corrected chi connectivity index (χ2v) is 8.17. The van der Waals surface area contributed by atoms with E-state index in [1.807, 2.05) is 19.2 Å². The third-order valence-electron chi connectivity index (χ3n) is 5.11. The number of anilines is 1. The number of benzene rings is 1. The molecule has 6 nitrogen and oxygen atoms in total. The van der Waals surface area contributed by atoms with E-state index in [1.165, 1.54) is 5.69 Å². The number of methoxy groups -OCH3 is 2. The first-order valence-corrected chi connectivity index (χ1v) is 9.76. The lowest BCUT2D eigenvalue weighted by Gasteiger charge is -2.36. The second-order valence-electron chi connectivity index (χ2n) is 8.17. The monoisotopic (exact) mass is 504 g/mol. The van der Waals surface area contributed by atoms with Crippen molar-refractivity contribution in [3.63, 3.8) is 0 Å². The van der Waals surface area contributed by atoms with Crippen LogP contribution < -0.4 is 20.3 Å². The summed E-state index contributed by atoms with van der Waals surface area (Å²) in [5.74, 6) is 1.73. The summed E-state index contributed by atoms with van der Waals surface area (Å²) in [6.07, 6.45) is 2.40. The van der Waals surface area contributed by atoms with Gasteiger partial charge in [-0.3, -0.25) is 4.99 Å². The van der Waals surface area contributed by atoms with Crippen LogP contribution in [0.4, 0.5) is 5.69 Å². The highest BCUT2D eigenvalue weighted by atomic mass is 127. The minimum absolute atomic E-state index is 0. The molecule has 1 fully saturated rings. The first-order valence-electron chi connectivity index (χ1n) is 9.76. The van der Waals surface area contributed by atoms with Crippen LogP contribution in [0.25, 0.3) is 0 Å². The Kier molecular flexibility index (Phi) is 10.4. The van der Waals surface area contributed by atoms with Crippen molar-refractivity contribution in [1.82, 2.24) is 10.6 Å². The van der Waals surface area contributed by atoms with Gasteiger partial charge in [0.15, 0.2) is 5.96 Å². The fourth-order valence-electron chi connectivity index (χ4n) is 3.46. The minimum Gasteiger partial charge on any atom is -0.497 e. The number of halogens is 1. The smallest absolute Gasteiger partial charge is 0.191 e. The minimum atomic E-state index is 0. The van der Waals surface area contributed by atoms with Crippen molar-refractivity contribution in [1.29, 1.82) is 0 Å². The van der Waals surface area contributed by atoms with Crippen molar-refractivity contribution < 1.29 is 9.47 Å². The van der Waals surface area contributed by atoms with Gasteiger partial charge in [-0.1, -0.05) is 26.8 Å². The maximum absolute atomic E-state index is 5.63. The number of rotatable bonds is 6. The summed E-state index contributed by atoms with van der Waals surface area (Å²) in [4.78, 5) is 6.80. The molecule has 0 amide bonds. The second kappa shape index (κ2) is 11.7. The molecule has 2 atom stereocenters. The number of nitrogens with one attached hydrogen (secondary N) is 2. The quantitative estimate of drug-likeness (QED) is 0.353. The molecule has 0 saturated carbocycles. The number of hydrogen-bond acceptors (Lipinski definition) is 4. The molecule has 160 valence electrons. The Labute approximate surface area is 187 Å². The van der Waals surface area contributed by atoms with E-state index in [2.05, 4.69) is 53.4 Å². The van der Waals surface area contributed by atoms with Gasteiger partial charge >= 0.3 is 0 Å². The topological polar surface area (TPSA) is 58.1 Å². The Balaban J connectivity index is 0.00000392. The van der Waals surface area contributed by atoms with Crippen LogP contribution in [0.1, 0.15) is 33.6 Å². The van der Waals surface area contributed by atoms with E-state index >= 15 is 0 Å². The molecule has 1 heterocycles. The highest BCUT2D eigenvalue weighted by Gasteiger charge is 2.25. The molecule has 2 rings (SSSR count). The summed E-state index contributed by atoms with van der Waals surface area (Å²) in [6.45, 7) is 9.30. The van der Waals surface area contributed by atoms with Gasteiger partial charge < -0.3 is 25.0 Å². The predicted molar refractivity (Wildman–Crippen MR) is 128 cm³/mol. The van der Waals surface area contributed by atoms with E-state index in [9.17, 15) is 0 Å². The lowest BCUT2D eigenvalue weighted by molar-refractivity contribution is 0.0205. The number of guanidine groups is 1. The number of nitrogens with zero attached hydrogens (tertiary/aromatic N) is 2. The average Bonchev–Trinajstić information content (AvgIpc) is 2.66. The molecular weight excluding hydrogens is 467 g/mol. The first kappa shape index (κ1) is 24.8. The van der Waals surface area contributed by atoms with Crippen molar-refractivity contribution in [2.45, 2.75) is 45.8 Å². The SMILES string of the molecule is CN=C(NCC(OC)C(C)(C)C)NC1CCCN(c2cccc(OC)c2)C1.I. The highest BCUT2D eigenvalue weighted by molar-refractivity contribution is 14.0. The Morgan fingerprint density at radius 2 is 2.07 bits per heavy atom. The number of piperidine rings is 1. The van der Waals surface area contributed by atoms with E-state index in [0.29, 0.717) is 6.04 Å². The lowest BCUT2D eigenvalue weighted by atomic mass is 9.89. The highest BCUT2D eigenvalue weighted by Crippen LogP contribution is 2.24. The fourth-order valence-corrected chi connectivity index (χ4v) is 3.46. The van der Waals surface area contributed by atoms with Crippen LogP contribution in [0, 0.1) is 5.41 Å². The van der Waals surface area contributed by atoms with E-state index in [4.69, 9.17) is 9.47 Å². The number of aliphatic imine (C=N–C) groups is 1. The van der Waals surface area contributed by atoms with Gasteiger partial charge in [0, 0.05) is 51.6 Å². The van der Waals surface area contributed by atoms with Crippen molar-refractivity contribution in [3.8, 4) is 5.75 Å². The zero-order chi connectivity index (χ0) is 19.9. The van der Waals surface area contributed by atoms with Crippen molar-refractivity contribution in [3.05, 3.63) is 24.3 Å². The molecule has 1 aliphatic rings. The van der Waals surface area contributed by atoms with Gasteiger partial charge in [-0.15, -0.1) is 24.0 Å². The molecule has 0 spiro atoms. The predicted octanol–water partition coefficient (Wildman–Crippen LogP) is 3.51. The molecule has 1 aromatic carbocycles. The van der Waals surface area contributed by atoms with Gasteiger partial charge in [0.2, 0.25) is 0 Å². The molecule has 1 aliphatic heterocycles. The summed E-state index contributed by atoms with van der Waals surface area (Å²) in [5.41, 5.74) is 1.28. The summed E-state index contributed by atoms with van der Waals surface area (Å²) >= 11 is 0. The van der Waals surface area contributed by atoms with Crippen LogP contribution in [0.15, 0.2) is 29.3 Å². The molecule has 1 aromatic rings. The van der Waals surface area contributed by atoms with Gasteiger partial charge in [0.25, 0.3) is 0 Å². The third-order valence-corrected chi connectivity index (χ3v) is 5.11. The molecule has 28 heavy (non-hydrogen) atoms.